The van der Waals surface area contributed by atoms with Gasteiger partial charge in [-0.2, -0.15) is 0 Å². The molecule has 3 heterocycles. The van der Waals surface area contributed by atoms with Crippen LogP contribution in [0, 0.1) is 0 Å². The molecule has 2 unspecified atom stereocenters. The number of furan rings is 2. The van der Waals surface area contributed by atoms with Crippen LogP contribution >= 0.6 is 32.8 Å². The molecule has 0 saturated carbocycles. The molecule has 24 rings (SSSR count). The molecular formula is C117H77O5P3S. The Labute approximate surface area is 732 Å². The maximum atomic E-state index is 16.6. The highest BCUT2D eigenvalue weighted by atomic mass is 32.1. The first kappa shape index (κ1) is 75.4. The Morgan fingerprint density at radius 1 is 0.206 bits per heavy atom. The van der Waals surface area contributed by atoms with Crippen LogP contribution in [-0.2, 0) is 19.1 Å². The Kier molecular flexibility index (Phi) is 17.6. The quantitative estimate of drug-likeness (QED) is 0.0956. The van der Waals surface area contributed by atoms with E-state index in [9.17, 15) is 0 Å². The fraction of sp³-hybridized carbons (Fsp3) is 0.0256. The third-order valence-corrected chi connectivity index (χ3v) is 36.9. The van der Waals surface area contributed by atoms with Crippen molar-refractivity contribution in [2.24, 2.45) is 0 Å². The van der Waals surface area contributed by atoms with Crippen molar-refractivity contribution >= 4 is 177 Å². The average Bonchev–Trinajstić information content (AvgIpc) is 1.53. The summed E-state index contributed by atoms with van der Waals surface area (Å²) in [6.07, 6.45) is 0. The minimum atomic E-state index is -3.50. The highest BCUT2D eigenvalue weighted by molar-refractivity contribution is 7.86. The maximum absolute atomic E-state index is 16.6. The van der Waals surface area contributed by atoms with Crippen LogP contribution in [0.2, 0.25) is 0 Å². The van der Waals surface area contributed by atoms with Gasteiger partial charge in [-0.1, -0.05) is 347 Å². The normalized spacial score (nSPS) is 13.6. The van der Waals surface area contributed by atoms with Gasteiger partial charge in [0.2, 0.25) is 0 Å². The van der Waals surface area contributed by atoms with Gasteiger partial charge in [-0.25, -0.2) is 0 Å². The molecular weight excluding hydrogens is 1610 g/mol. The highest BCUT2D eigenvalue weighted by Gasteiger charge is 2.38. The molecule has 23 aromatic rings. The Bertz CT molecular complexity index is 8510. The summed E-state index contributed by atoms with van der Waals surface area (Å²) in [5, 5.41) is 20.2. The number of rotatable bonds is 15. The van der Waals surface area contributed by atoms with Crippen LogP contribution < -0.4 is 47.7 Å². The standard InChI is InChI=1S/C117H77O5P3S/c1-117(2)107-58-45-84(67-101(107)102-66-81-21-15-16-22-82(81)70-108(102)117)85-49-62-113-103(68-85)104-71-96(56-63-114(104)126-113)125(120,91-30-13-6-14-31-91)94-52-40-76(41-53-94)80-23-19-32-95(65-80)124(119,90-28-11-5-12-29-90)93-54-42-77(43-55-93)83-47-59-109-105(69-83)116-98-57-44-87(64-86(98)48-61-110(116)121-109)100-73-112-106(115-97-33-18-17-20-78(97)46-60-111(115)122-112)72-99(100)79-36-34-74(35-37-79)75-38-50-92(51-39-75)123(118,88-24-7-3-8-25-88)89-26-9-4-10-27-89/h3-73H,1-2H3. The molecule has 0 saturated heterocycles. The lowest BCUT2D eigenvalue weighted by Gasteiger charge is -2.22. The van der Waals surface area contributed by atoms with Crippen molar-refractivity contribution in [1.82, 2.24) is 0 Å². The van der Waals surface area contributed by atoms with E-state index in [1.807, 2.05) is 170 Å². The molecule has 0 bridgehead atoms. The Balaban J connectivity index is 0.536. The Morgan fingerprint density at radius 3 is 1.20 bits per heavy atom. The summed E-state index contributed by atoms with van der Waals surface area (Å²) in [4.78, 5) is 0. The smallest absolute Gasteiger partial charge is 0.171 e. The van der Waals surface area contributed by atoms with Crippen molar-refractivity contribution in [1.29, 1.82) is 0 Å². The van der Waals surface area contributed by atoms with E-state index < -0.39 is 21.4 Å². The molecule has 3 aromatic heterocycles. The number of hydrogen-bond donors (Lipinski definition) is 0. The summed E-state index contributed by atoms with van der Waals surface area (Å²) < 4.78 is 64.3. The largest absolute Gasteiger partial charge is 0.456 e. The van der Waals surface area contributed by atoms with Crippen LogP contribution in [-0.4, -0.2) is 0 Å². The van der Waals surface area contributed by atoms with Crippen LogP contribution in [0.5, 0.6) is 0 Å². The summed E-state index contributed by atoms with van der Waals surface area (Å²) >= 11 is 1.77. The van der Waals surface area contributed by atoms with Gasteiger partial charge < -0.3 is 22.5 Å². The fourth-order valence-electron chi connectivity index (χ4n) is 20.0. The molecule has 1 aliphatic rings. The topological polar surface area (TPSA) is 77.5 Å². The number of hydrogen-bond acceptors (Lipinski definition) is 6. The first-order valence-electron chi connectivity index (χ1n) is 42.8. The minimum Gasteiger partial charge on any atom is -0.456 e. The van der Waals surface area contributed by atoms with Crippen molar-refractivity contribution < 1.29 is 22.5 Å². The zero-order valence-electron chi connectivity index (χ0n) is 68.8. The van der Waals surface area contributed by atoms with E-state index in [0.29, 0.717) is 5.30 Å². The molecule has 0 radical (unpaired) electrons. The predicted octanol–water partition coefficient (Wildman–Crippen LogP) is 28.5. The molecule has 126 heavy (non-hydrogen) atoms. The predicted molar refractivity (Wildman–Crippen MR) is 535 cm³/mol. The number of thiophene rings is 1. The molecule has 0 spiro atoms. The van der Waals surface area contributed by atoms with Crippen molar-refractivity contribution in [3.05, 3.63) is 442 Å². The average molecular weight is 1690 g/mol. The van der Waals surface area contributed by atoms with Crippen LogP contribution in [0.1, 0.15) is 25.0 Å². The van der Waals surface area contributed by atoms with Gasteiger partial charge in [0.25, 0.3) is 0 Å². The molecule has 20 aromatic carbocycles. The van der Waals surface area contributed by atoms with E-state index in [1.165, 1.54) is 43.3 Å². The number of fused-ring (bicyclic) bond motifs is 17. The van der Waals surface area contributed by atoms with Gasteiger partial charge >= 0.3 is 0 Å². The second-order valence-electron chi connectivity index (χ2n) is 33.9. The SMILES string of the molecule is CC1(C)c2ccc(-c3ccc4sc5ccc(P(=O)(c6ccccc6)c6ccc(-c7cccc(P(=O)(c8ccccc8)c8ccc(-c9ccc%10oc%11ccc%12cc(-c%13cc%14oc%15ccc%16ccccc%16c%15c%14cc%13-c%13ccc(-c%14ccc(P(=O)(c%15ccccc%15)c%15ccccc%15)cc%14)cc%13)ccc%12c%11c%10c9)cc8)c7)cc6)cc5c4c3)cc2-c2cc3ccccc3cc21. The van der Waals surface area contributed by atoms with E-state index in [2.05, 4.69) is 275 Å². The zero-order chi connectivity index (χ0) is 84.2. The second-order valence-corrected chi connectivity index (χ2v) is 43.3. The van der Waals surface area contributed by atoms with Gasteiger partial charge in [0, 0.05) is 94.9 Å². The Hall–Kier alpha value is -14.3. The van der Waals surface area contributed by atoms with Gasteiger partial charge in [-0.15, -0.1) is 11.3 Å². The van der Waals surface area contributed by atoms with Crippen LogP contribution in [0.15, 0.2) is 440 Å². The fourth-order valence-corrected chi connectivity index (χ4v) is 29.0. The van der Waals surface area contributed by atoms with E-state index in [0.717, 1.165) is 185 Å². The van der Waals surface area contributed by atoms with Crippen molar-refractivity contribution in [3.8, 4) is 77.9 Å². The highest BCUT2D eigenvalue weighted by Crippen LogP contribution is 2.54. The van der Waals surface area contributed by atoms with Gasteiger partial charge in [0.1, 0.15) is 22.3 Å². The molecule has 9 heteroatoms. The Morgan fingerprint density at radius 2 is 0.587 bits per heavy atom. The summed E-state index contributed by atoms with van der Waals surface area (Å²) in [5.41, 5.74) is 20.8. The van der Waals surface area contributed by atoms with Gasteiger partial charge in [0.05, 0.1) is 0 Å². The van der Waals surface area contributed by atoms with Gasteiger partial charge in [-0.05, 0) is 218 Å². The summed E-state index contributed by atoms with van der Waals surface area (Å²) in [6.45, 7) is 4.69. The third-order valence-electron chi connectivity index (χ3n) is 26.5. The lowest BCUT2D eigenvalue weighted by molar-refractivity contribution is 0.591. The van der Waals surface area contributed by atoms with Gasteiger partial charge in [0.15, 0.2) is 21.4 Å². The van der Waals surface area contributed by atoms with Crippen LogP contribution in [0.4, 0.5) is 0 Å². The van der Waals surface area contributed by atoms with E-state index in [1.54, 1.807) is 11.3 Å². The molecule has 0 fully saturated rings. The third kappa shape index (κ3) is 12.1. The first-order valence-corrected chi connectivity index (χ1v) is 48.7. The molecule has 5 nitrogen and oxygen atoms in total. The van der Waals surface area contributed by atoms with Gasteiger partial charge in [-0.3, -0.25) is 0 Å². The minimum absolute atomic E-state index is 0.125. The molecule has 0 amide bonds. The lowest BCUT2D eigenvalue weighted by Crippen LogP contribution is -2.25. The summed E-state index contributed by atoms with van der Waals surface area (Å²) in [5.74, 6) is 0. The van der Waals surface area contributed by atoms with Crippen molar-refractivity contribution in [2.75, 3.05) is 0 Å². The lowest BCUT2D eigenvalue weighted by atomic mass is 9.81. The van der Waals surface area contributed by atoms with Crippen molar-refractivity contribution in [3.63, 3.8) is 0 Å². The monoisotopic (exact) mass is 1690 g/mol. The van der Waals surface area contributed by atoms with Crippen LogP contribution in [0.3, 0.4) is 0 Å². The van der Waals surface area contributed by atoms with E-state index >= 15 is 13.7 Å². The van der Waals surface area contributed by atoms with E-state index in [4.69, 9.17) is 8.83 Å². The molecule has 596 valence electrons. The molecule has 2 atom stereocenters. The zero-order valence-corrected chi connectivity index (χ0v) is 72.3. The molecule has 0 aliphatic heterocycles. The first-order chi connectivity index (χ1) is 61.8. The molecule has 0 N–H and O–H groups in total. The molecule has 1 aliphatic carbocycles. The summed E-state index contributed by atoms with van der Waals surface area (Å²) in [7, 11) is -10.1. The maximum Gasteiger partial charge on any atom is 0.171 e. The van der Waals surface area contributed by atoms with E-state index in [-0.39, 0.29) is 5.41 Å². The van der Waals surface area contributed by atoms with Crippen LogP contribution in [0.25, 0.3) is 174 Å². The number of benzene rings is 20. The summed E-state index contributed by atoms with van der Waals surface area (Å²) in [6, 6.07) is 149. The van der Waals surface area contributed by atoms with Crippen molar-refractivity contribution in [2.45, 2.75) is 19.3 Å². The second kappa shape index (κ2) is 29.4.